The predicted octanol–water partition coefficient (Wildman–Crippen LogP) is 1.90. The van der Waals surface area contributed by atoms with E-state index >= 15 is 0 Å². The van der Waals surface area contributed by atoms with Gasteiger partial charge < -0.3 is 24.6 Å². The van der Waals surface area contributed by atoms with Gasteiger partial charge in [-0.25, -0.2) is 9.59 Å². The van der Waals surface area contributed by atoms with Gasteiger partial charge >= 0.3 is 11.9 Å². The van der Waals surface area contributed by atoms with Crippen LogP contribution in [0.4, 0.5) is 0 Å². The van der Waals surface area contributed by atoms with Gasteiger partial charge in [-0.15, -0.1) is 0 Å². The van der Waals surface area contributed by atoms with Crippen molar-refractivity contribution in [2.24, 2.45) is 0 Å². The van der Waals surface area contributed by atoms with Crippen molar-refractivity contribution in [1.29, 1.82) is 0 Å². The third-order valence-electron chi connectivity index (χ3n) is 3.74. The minimum Gasteiger partial charge on any atom is -0.491 e. The fourth-order valence-corrected chi connectivity index (χ4v) is 2.38. The maximum Gasteiger partial charge on any atom is 0.414 e. The van der Waals surface area contributed by atoms with Gasteiger partial charge in [0.15, 0.2) is 0 Å². The molecule has 0 aromatic heterocycles. The highest BCUT2D eigenvalue weighted by Gasteiger charge is 2.10. The monoisotopic (exact) mass is 353 g/mol. The lowest BCUT2D eigenvalue weighted by atomic mass is 10.2. The molecule has 1 aliphatic rings. The molecule has 1 aliphatic heterocycles. The Balaban J connectivity index is 0.000000450. The number of nitrogens with zero attached hydrogens (tertiary/aromatic N) is 1. The average molecular weight is 353 g/mol. The Morgan fingerprint density at radius 1 is 1.08 bits per heavy atom. The maximum atomic E-state index is 9.10. The number of benzene rings is 1. The molecule has 25 heavy (non-hydrogen) atoms. The van der Waals surface area contributed by atoms with Gasteiger partial charge in [-0.1, -0.05) is 19.1 Å². The van der Waals surface area contributed by atoms with Crippen molar-refractivity contribution in [3.05, 3.63) is 29.8 Å². The van der Waals surface area contributed by atoms with Crippen LogP contribution >= 0.6 is 0 Å². The molecule has 0 atom stereocenters. The van der Waals surface area contributed by atoms with Crippen LogP contribution in [0, 0.1) is 0 Å². The standard InChI is InChI=1S/C16H25NO2.C2H2O4/c1-2-15-6-5-7-16(14-15)19-13-12-18-11-10-17-8-3-4-9-17;3-1(4)2(5)6/h5-7,14H,2-4,8-13H2,1H3;(H,3,4)(H,5,6). The largest absolute Gasteiger partial charge is 0.491 e. The van der Waals surface area contributed by atoms with Gasteiger partial charge in [-0.3, -0.25) is 0 Å². The van der Waals surface area contributed by atoms with Crippen LogP contribution in [0.15, 0.2) is 24.3 Å². The second-order valence-corrected chi connectivity index (χ2v) is 5.62. The number of rotatable bonds is 8. The van der Waals surface area contributed by atoms with Crippen LogP contribution in [0.2, 0.25) is 0 Å². The summed E-state index contributed by atoms with van der Waals surface area (Å²) in [5, 5.41) is 14.8. The van der Waals surface area contributed by atoms with E-state index in [0.29, 0.717) is 13.2 Å². The van der Waals surface area contributed by atoms with Crippen molar-refractivity contribution in [2.75, 3.05) is 39.5 Å². The van der Waals surface area contributed by atoms with Crippen molar-refractivity contribution in [2.45, 2.75) is 26.2 Å². The Labute approximate surface area is 148 Å². The number of aliphatic carboxylic acids is 2. The summed E-state index contributed by atoms with van der Waals surface area (Å²) in [5.41, 5.74) is 1.31. The number of aryl methyl sites for hydroxylation is 1. The summed E-state index contributed by atoms with van der Waals surface area (Å²) in [6.07, 6.45) is 3.73. The van der Waals surface area contributed by atoms with E-state index in [1.807, 2.05) is 12.1 Å². The molecule has 0 radical (unpaired) electrons. The Morgan fingerprint density at radius 2 is 1.76 bits per heavy atom. The zero-order chi connectivity index (χ0) is 18.5. The number of carboxylic acid groups (broad SMARTS) is 2. The van der Waals surface area contributed by atoms with Crippen LogP contribution in [-0.2, 0) is 20.7 Å². The van der Waals surface area contributed by atoms with E-state index in [-0.39, 0.29) is 0 Å². The summed E-state index contributed by atoms with van der Waals surface area (Å²) >= 11 is 0. The van der Waals surface area contributed by atoms with Crippen molar-refractivity contribution >= 4 is 11.9 Å². The minimum atomic E-state index is -1.82. The molecule has 7 nitrogen and oxygen atoms in total. The highest BCUT2D eigenvalue weighted by atomic mass is 16.5. The zero-order valence-corrected chi connectivity index (χ0v) is 14.6. The first-order valence-corrected chi connectivity index (χ1v) is 8.51. The molecule has 2 rings (SSSR count). The summed E-state index contributed by atoms with van der Waals surface area (Å²) in [6, 6.07) is 8.27. The van der Waals surface area contributed by atoms with Gasteiger partial charge in [0.05, 0.1) is 13.2 Å². The molecule has 7 heteroatoms. The minimum absolute atomic E-state index is 0.632. The summed E-state index contributed by atoms with van der Waals surface area (Å²) in [6.45, 7) is 7.81. The molecule has 1 aromatic carbocycles. The lowest BCUT2D eigenvalue weighted by Gasteiger charge is -2.14. The number of carbonyl (C=O) groups is 2. The van der Waals surface area contributed by atoms with E-state index in [9.17, 15) is 0 Å². The predicted molar refractivity (Wildman–Crippen MR) is 93.1 cm³/mol. The molecular weight excluding hydrogens is 326 g/mol. The molecular formula is C18H27NO6. The molecule has 0 amide bonds. The van der Waals surface area contributed by atoms with Gasteiger partial charge in [-0.2, -0.15) is 0 Å². The van der Waals surface area contributed by atoms with E-state index in [4.69, 9.17) is 29.3 Å². The van der Waals surface area contributed by atoms with Crippen LogP contribution in [0.1, 0.15) is 25.3 Å². The van der Waals surface area contributed by atoms with Crippen molar-refractivity contribution in [3.63, 3.8) is 0 Å². The Kier molecular flexibility index (Phi) is 10.3. The molecule has 0 spiro atoms. The van der Waals surface area contributed by atoms with E-state index < -0.39 is 11.9 Å². The topological polar surface area (TPSA) is 96.3 Å². The zero-order valence-electron chi connectivity index (χ0n) is 14.6. The summed E-state index contributed by atoms with van der Waals surface area (Å²) < 4.78 is 11.3. The lowest BCUT2D eigenvalue weighted by Crippen LogP contribution is -2.24. The third kappa shape index (κ3) is 9.69. The fraction of sp³-hybridized carbons (Fsp3) is 0.556. The molecule has 0 saturated carbocycles. The number of hydrogen-bond donors (Lipinski definition) is 2. The van der Waals surface area contributed by atoms with Crippen molar-refractivity contribution < 1.29 is 29.3 Å². The number of carboxylic acids is 2. The summed E-state index contributed by atoms with van der Waals surface area (Å²) in [5.74, 6) is -2.70. The second-order valence-electron chi connectivity index (χ2n) is 5.62. The molecule has 1 heterocycles. The smallest absolute Gasteiger partial charge is 0.414 e. The molecule has 1 saturated heterocycles. The highest BCUT2D eigenvalue weighted by molar-refractivity contribution is 6.27. The Bertz CT molecular complexity index is 516. The number of likely N-dealkylation sites (tertiary alicyclic amines) is 1. The Hall–Kier alpha value is -2.12. The third-order valence-corrected chi connectivity index (χ3v) is 3.74. The van der Waals surface area contributed by atoms with Gasteiger partial charge in [0.1, 0.15) is 12.4 Å². The molecule has 0 bridgehead atoms. The lowest BCUT2D eigenvalue weighted by molar-refractivity contribution is -0.159. The fourth-order valence-electron chi connectivity index (χ4n) is 2.38. The Morgan fingerprint density at radius 3 is 2.36 bits per heavy atom. The van der Waals surface area contributed by atoms with Gasteiger partial charge in [0.2, 0.25) is 0 Å². The van der Waals surface area contributed by atoms with Crippen LogP contribution < -0.4 is 4.74 Å². The number of ether oxygens (including phenoxy) is 2. The van der Waals surface area contributed by atoms with Crippen LogP contribution in [0.3, 0.4) is 0 Å². The van der Waals surface area contributed by atoms with Gasteiger partial charge in [0.25, 0.3) is 0 Å². The quantitative estimate of drug-likeness (QED) is 0.544. The summed E-state index contributed by atoms with van der Waals surface area (Å²) in [7, 11) is 0. The molecule has 1 aromatic rings. The maximum absolute atomic E-state index is 9.10. The van der Waals surface area contributed by atoms with E-state index in [0.717, 1.165) is 25.3 Å². The molecule has 1 fully saturated rings. The normalized spacial score (nSPS) is 13.8. The first-order valence-electron chi connectivity index (χ1n) is 8.51. The van der Waals surface area contributed by atoms with Crippen molar-refractivity contribution in [1.82, 2.24) is 4.90 Å². The highest BCUT2D eigenvalue weighted by Crippen LogP contribution is 2.13. The van der Waals surface area contributed by atoms with Crippen LogP contribution in [-0.4, -0.2) is 66.5 Å². The van der Waals surface area contributed by atoms with Crippen molar-refractivity contribution in [3.8, 4) is 5.75 Å². The van der Waals surface area contributed by atoms with Crippen LogP contribution in [0.25, 0.3) is 0 Å². The summed E-state index contributed by atoms with van der Waals surface area (Å²) in [4.78, 5) is 20.7. The first-order chi connectivity index (χ1) is 12.0. The van der Waals surface area contributed by atoms with Gasteiger partial charge in [0, 0.05) is 6.54 Å². The average Bonchev–Trinajstić information content (AvgIpc) is 3.12. The second kappa shape index (κ2) is 12.3. The van der Waals surface area contributed by atoms with E-state index in [1.165, 1.54) is 31.5 Å². The van der Waals surface area contributed by atoms with E-state index in [1.54, 1.807) is 0 Å². The molecule has 140 valence electrons. The SMILES string of the molecule is CCc1cccc(OCCOCCN2CCCC2)c1.O=C(O)C(=O)O. The molecule has 0 unspecified atom stereocenters. The van der Waals surface area contributed by atoms with E-state index in [2.05, 4.69) is 24.0 Å². The van der Waals surface area contributed by atoms with Gasteiger partial charge in [-0.05, 0) is 50.0 Å². The molecule has 2 N–H and O–H groups in total. The number of hydrogen-bond acceptors (Lipinski definition) is 5. The first kappa shape index (κ1) is 20.9. The van der Waals surface area contributed by atoms with Crippen LogP contribution in [0.5, 0.6) is 5.75 Å². The molecule has 0 aliphatic carbocycles.